The Morgan fingerprint density at radius 3 is 2.71 bits per heavy atom. The molecule has 0 aliphatic carbocycles. The maximum atomic E-state index is 12.3. The van der Waals surface area contributed by atoms with Gasteiger partial charge in [-0.15, -0.1) is 0 Å². The van der Waals surface area contributed by atoms with E-state index < -0.39 is 5.60 Å². The van der Waals surface area contributed by atoms with Crippen LogP contribution in [0.15, 0.2) is 24.5 Å². The third-order valence-electron chi connectivity index (χ3n) is 4.15. The van der Waals surface area contributed by atoms with Crippen LogP contribution in [0.3, 0.4) is 0 Å². The molecule has 1 aliphatic heterocycles. The van der Waals surface area contributed by atoms with Crippen molar-refractivity contribution in [3.8, 4) is 0 Å². The van der Waals surface area contributed by atoms with Crippen molar-refractivity contribution in [2.75, 3.05) is 26.7 Å². The fourth-order valence-corrected chi connectivity index (χ4v) is 2.75. The molecule has 0 aromatic carbocycles. The summed E-state index contributed by atoms with van der Waals surface area (Å²) in [7, 11) is 1.95. The molecule has 5 nitrogen and oxygen atoms in total. The molecule has 1 aromatic rings. The molecule has 1 atom stereocenters. The number of rotatable bonds is 5. The van der Waals surface area contributed by atoms with Gasteiger partial charge in [-0.25, -0.2) is 0 Å². The number of carbonyl (C=O) groups is 1. The number of hydrogen-bond acceptors (Lipinski definition) is 4. The minimum absolute atomic E-state index is 0.137. The molecular weight excluding hydrogens is 266 g/mol. The van der Waals surface area contributed by atoms with Gasteiger partial charge in [0.2, 0.25) is 5.91 Å². The highest BCUT2D eigenvalue weighted by molar-refractivity contribution is 5.78. The highest BCUT2D eigenvalue weighted by Gasteiger charge is 2.35. The quantitative estimate of drug-likeness (QED) is 0.883. The number of aliphatic hydroxyl groups is 1. The summed E-state index contributed by atoms with van der Waals surface area (Å²) in [5.41, 5.74) is 0.439. The molecule has 1 amide bonds. The third kappa shape index (κ3) is 4.51. The van der Waals surface area contributed by atoms with E-state index in [9.17, 15) is 9.90 Å². The normalized spacial score (nSPS) is 19.3. The van der Waals surface area contributed by atoms with E-state index in [1.54, 1.807) is 12.4 Å². The lowest BCUT2D eigenvalue weighted by Gasteiger charge is -2.26. The molecule has 0 radical (unpaired) electrons. The number of likely N-dealkylation sites (N-methyl/N-ethyl adjacent to an activating group) is 1. The van der Waals surface area contributed by atoms with Gasteiger partial charge in [-0.2, -0.15) is 0 Å². The smallest absolute Gasteiger partial charge is 0.236 e. The van der Waals surface area contributed by atoms with Crippen molar-refractivity contribution in [2.24, 2.45) is 5.92 Å². The van der Waals surface area contributed by atoms with Gasteiger partial charge < -0.3 is 10.0 Å². The topological polar surface area (TPSA) is 56.7 Å². The molecule has 0 unspecified atom stereocenters. The highest BCUT2D eigenvalue weighted by Crippen LogP contribution is 2.27. The third-order valence-corrected chi connectivity index (χ3v) is 4.15. The zero-order valence-corrected chi connectivity index (χ0v) is 13.1. The molecule has 1 aromatic heterocycles. The van der Waals surface area contributed by atoms with Crippen molar-refractivity contribution >= 4 is 5.91 Å². The Hall–Kier alpha value is -1.46. The predicted octanol–water partition coefficient (Wildman–Crippen LogP) is 1.13. The van der Waals surface area contributed by atoms with E-state index in [1.165, 1.54) is 0 Å². The lowest BCUT2D eigenvalue weighted by Crippen LogP contribution is -2.39. The average Bonchev–Trinajstić information content (AvgIpc) is 2.89. The number of amides is 1. The lowest BCUT2D eigenvalue weighted by atomic mass is 9.90. The van der Waals surface area contributed by atoms with Crippen molar-refractivity contribution in [1.29, 1.82) is 0 Å². The maximum absolute atomic E-state index is 12.3. The molecule has 0 saturated carbocycles. The van der Waals surface area contributed by atoms with Crippen LogP contribution in [0.25, 0.3) is 0 Å². The van der Waals surface area contributed by atoms with Crippen LogP contribution in [-0.2, 0) is 11.3 Å². The monoisotopic (exact) mass is 291 g/mol. The van der Waals surface area contributed by atoms with Crippen LogP contribution in [0.2, 0.25) is 0 Å². The van der Waals surface area contributed by atoms with Gasteiger partial charge in [0.05, 0.1) is 12.1 Å². The Bertz CT molecular complexity index is 470. The van der Waals surface area contributed by atoms with Crippen LogP contribution >= 0.6 is 0 Å². The summed E-state index contributed by atoms with van der Waals surface area (Å²) in [6.45, 7) is 6.18. The first-order valence-corrected chi connectivity index (χ1v) is 7.44. The Morgan fingerprint density at radius 1 is 1.48 bits per heavy atom. The number of likely N-dealkylation sites (tertiary alicyclic amines) is 1. The van der Waals surface area contributed by atoms with Gasteiger partial charge in [-0.3, -0.25) is 14.7 Å². The Labute approximate surface area is 126 Å². The zero-order valence-electron chi connectivity index (χ0n) is 13.1. The Morgan fingerprint density at radius 2 is 2.14 bits per heavy atom. The molecule has 0 spiro atoms. The van der Waals surface area contributed by atoms with Gasteiger partial charge in [0.1, 0.15) is 0 Å². The first-order chi connectivity index (χ1) is 9.86. The molecule has 21 heavy (non-hydrogen) atoms. The Balaban J connectivity index is 1.82. The number of carbonyl (C=O) groups excluding carboxylic acids is 1. The largest absolute Gasteiger partial charge is 0.390 e. The second-order valence-corrected chi connectivity index (χ2v) is 6.51. The molecule has 5 heteroatoms. The molecule has 1 saturated heterocycles. The summed E-state index contributed by atoms with van der Waals surface area (Å²) in [5, 5.41) is 10.0. The van der Waals surface area contributed by atoms with E-state index in [4.69, 9.17) is 0 Å². The first kappa shape index (κ1) is 15.9. The van der Waals surface area contributed by atoms with E-state index in [0.29, 0.717) is 13.1 Å². The number of hydrogen-bond donors (Lipinski definition) is 1. The number of aromatic nitrogens is 1. The molecule has 1 N–H and O–H groups in total. The molecule has 1 fully saturated rings. The fourth-order valence-electron chi connectivity index (χ4n) is 2.75. The van der Waals surface area contributed by atoms with Crippen LogP contribution in [-0.4, -0.2) is 58.1 Å². The van der Waals surface area contributed by atoms with E-state index in [2.05, 4.69) is 4.98 Å². The van der Waals surface area contributed by atoms with Gasteiger partial charge in [-0.05, 0) is 45.0 Å². The van der Waals surface area contributed by atoms with E-state index in [-0.39, 0.29) is 11.8 Å². The van der Waals surface area contributed by atoms with Gasteiger partial charge in [-0.1, -0.05) is 0 Å². The van der Waals surface area contributed by atoms with Gasteiger partial charge in [0, 0.05) is 37.9 Å². The summed E-state index contributed by atoms with van der Waals surface area (Å²) in [6, 6.07) is 3.92. The van der Waals surface area contributed by atoms with Crippen LogP contribution in [0, 0.1) is 5.92 Å². The lowest BCUT2D eigenvalue weighted by molar-refractivity contribution is -0.131. The van der Waals surface area contributed by atoms with Gasteiger partial charge in [0.15, 0.2) is 0 Å². The summed E-state index contributed by atoms with van der Waals surface area (Å²) < 4.78 is 0. The maximum Gasteiger partial charge on any atom is 0.236 e. The van der Waals surface area contributed by atoms with Crippen molar-refractivity contribution in [3.63, 3.8) is 0 Å². The number of pyridine rings is 1. The number of nitrogens with zero attached hydrogens (tertiary/aromatic N) is 3. The predicted molar refractivity (Wildman–Crippen MR) is 81.6 cm³/mol. The minimum atomic E-state index is -0.710. The molecule has 2 rings (SSSR count). The van der Waals surface area contributed by atoms with Crippen LogP contribution in [0.5, 0.6) is 0 Å². The van der Waals surface area contributed by atoms with Crippen molar-refractivity contribution < 1.29 is 9.90 Å². The second-order valence-electron chi connectivity index (χ2n) is 6.51. The van der Waals surface area contributed by atoms with Crippen LogP contribution in [0.4, 0.5) is 0 Å². The minimum Gasteiger partial charge on any atom is -0.390 e. The summed E-state index contributed by atoms with van der Waals surface area (Å²) in [4.78, 5) is 20.2. The molecule has 1 aliphatic rings. The average molecular weight is 291 g/mol. The van der Waals surface area contributed by atoms with Crippen LogP contribution < -0.4 is 0 Å². The van der Waals surface area contributed by atoms with E-state index >= 15 is 0 Å². The van der Waals surface area contributed by atoms with Crippen molar-refractivity contribution in [3.05, 3.63) is 30.1 Å². The van der Waals surface area contributed by atoms with Gasteiger partial charge >= 0.3 is 0 Å². The van der Waals surface area contributed by atoms with E-state index in [1.807, 2.05) is 42.8 Å². The second kappa shape index (κ2) is 6.54. The van der Waals surface area contributed by atoms with Crippen molar-refractivity contribution in [1.82, 2.24) is 14.8 Å². The molecule has 0 bridgehead atoms. The van der Waals surface area contributed by atoms with E-state index in [0.717, 1.165) is 25.1 Å². The zero-order chi connectivity index (χ0) is 15.5. The SMILES string of the molecule is CN(CC(=O)N1CC[C@H](C(C)(C)O)C1)Cc1ccncc1. The first-order valence-electron chi connectivity index (χ1n) is 7.44. The van der Waals surface area contributed by atoms with Crippen LogP contribution in [0.1, 0.15) is 25.8 Å². The molecule has 116 valence electrons. The fraction of sp³-hybridized carbons (Fsp3) is 0.625. The standard InChI is InChI=1S/C16H25N3O2/c1-16(2,21)14-6-9-19(11-14)15(20)12-18(3)10-13-4-7-17-8-5-13/h4-5,7-8,14,21H,6,9-12H2,1-3H3/t14-/m0/s1. The summed E-state index contributed by atoms with van der Waals surface area (Å²) in [6.07, 6.45) is 4.40. The molecular formula is C16H25N3O2. The Kier molecular flexibility index (Phi) is 4.96. The van der Waals surface area contributed by atoms with Gasteiger partial charge in [0.25, 0.3) is 0 Å². The summed E-state index contributed by atoms with van der Waals surface area (Å²) in [5.74, 6) is 0.310. The van der Waals surface area contributed by atoms with Crippen molar-refractivity contribution in [2.45, 2.75) is 32.4 Å². The summed E-state index contributed by atoms with van der Waals surface area (Å²) >= 11 is 0. The molecule has 2 heterocycles. The highest BCUT2D eigenvalue weighted by atomic mass is 16.3.